The third-order valence-electron chi connectivity index (χ3n) is 3.99. The number of carbonyl (C=O) groups excluding carboxylic acids is 1. The normalized spacial score (nSPS) is 16.6. The largest absolute Gasteiger partial charge is 0.508 e. The molecule has 1 atom stereocenters. The first-order chi connectivity index (χ1) is 10.7. The zero-order valence-corrected chi connectivity index (χ0v) is 12.3. The van der Waals surface area contributed by atoms with Crippen LogP contribution in [0, 0.1) is 0 Å². The average Bonchev–Trinajstić information content (AvgIpc) is 2.54. The van der Waals surface area contributed by atoms with E-state index in [2.05, 4.69) is 5.32 Å². The van der Waals surface area contributed by atoms with E-state index in [0.717, 1.165) is 36.0 Å². The summed E-state index contributed by atoms with van der Waals surface area (Å²) in [5.41, 5.74) is 3.06. The minimum absolute atomic E-state index is 0.0533. The second-order valence-corrected chi connectivity index (χ2v) is 5.56. The first-order valence-corrected chi connectivity index (χ1v) is 7.49. The van der Waals surface area contributed by atoms with Crippen molar-refractivity contribution < 1.29 is 14.6 Å². The molecule has 0 fully saturated rings. The Kier molecular flexibility index (Phi) is 4.28. The van der Waals surface area contributed by atoms with Crippen molar-refractivity contribution >= 4 is 6.09 Å². The Morgan fingerprint density at radius 2 is 2.00 bits per heavy atom. The molecule has 0 aliphatic heterocycles. The third kappa shape index (κ3) is 3.39. The van der Waals surface area contributed by atoms with Gasteiger partial charge in [0.15, 0.2) is 0 Å². The molecule has 0 spiro atoms. The van der Waals surface area contributed by atoms with Gasteiger partial charge in [0.05, 0.1) is 0 Å². The van der Waals surface area contributed by atoms with Crippen LogP contribution in [0.5, 0.6) is 5.75 Å². The minimum Gasteiger partial charge on any atom is -0.508 e. The number of alkyl carbamates (subject to hydrolysis) is 1. The summed E-state index contributed by atoms with van der Waals surface area (Å²) in [5, 5.41) is 12.7. The average molecular weight is 297 g/mol. The SMILES string of the molecule is O=C(N[C@H]1CCc2c(O)cccc2C1)OCc1ccccc1. The van der Waals surface area contributed by atoms with E-state index >= 15 is 0 Å². The number of fused-ring (bicyclic) bond motifs is 1. The van der Waals surface area contributed by atoms with Gasteiger partial charge in [0, 0.05) is 6.04 Å². The fourth-order valence-electron chi connectivity index (χ4n) is 2.84. The van der Waals surface area contributed by atoms with Crippen molar-refractivity contribution in [3.63, 3.8) is 0 Å². The summed E-state index contributed by atoms with van der Waals surface area (Å²) >= 11 is 0. The summed E-state index contributed by atoms with van der Waals surface area (Å²) in [7, 11) is 0. The third-order valence-corrected chi connectivity index (χ3v) is 3.99. The molecule has 2 N–H and O–H groups in total. The van der Waals surface area contributed by atoms with Gasteiger partial charge in [0.2, 0.25) is 0 Å². The lowest BCUT2D eigenvalue weighted by atomic mass is 9.88. The van der Waals surface area contributed by atoms with Crippen molar-refractivity contribution in [3.05, 3.63) is 65.2 Å². The van der Waals surface area contributed by atoms with Crippen LogP contribution in [-0.2, 0) is 24.2 Å². The molecule has 0 unspecified atom stereocenters. The van der Waals surface area contributed by atoms with Gasteiger partial charge in [0.25, 0.3) is 0 Å². The lowest BCUT2D eigenvalue weighted by Gasteiger charge is -2.25. The van der Waals surface area contributed by atoms with Crippen molar-refractivity contribution in [2.24, 2.45) is 0 Å². The van der Waals surface area contributed by atoms with Gasteiger partial charge >= 0.3 is 6.09 Å². The van der Waals surface area contributed by atoms with Crippen LogP contribution in [-0.4, -0.2) is 17.2 Å². The van der Waals surface area contributed by atoms with Gasteiger partial charge in [-0.15, -0.1) is 0 Å². The minimum atomic E-state index is -0.391. The van der Waals surface area contributed by atoms with Crippen molar-refractivity contribution in [1.82, 2.24) is 5.32 Å². The monoisotopic (exact) mass is 297 g/mol. The topological polar surface area (TPSA) is 58.6 Å². The van der Waals surface area contributed by atoms with E-state index in [1.54, 1.807) is 6.07 Å². The highest BCUT2D eigenvalue weighted by Crippen LogP contribution is 2.28. The van der Waals surface area contributed by atoms with E-state index in [-0.39, 0.29) is 12.6 Å². The molecule has 2 aromatic rings. The highest BCUT2D eigenvalue weighted by Gasteiger charge is 2.22. The second kappa shape index (κ2) is 6.52. The van der Waals surface area contributed by atoms with Gasteiger partial charge in [-0.1, -0.05) is 42.5 Å². The van der Waals surface area contributed by atoms with Gasteiger partial charge < -0.3 is 15.2 Å². The molecule has 1 aliphatic rings. The smallest absolute Gasteiger partial charge is 0.407 e. The summed E-state index contributed by atoms with van der Waals surface area (Å²) in [6, 6.07) is 15.2. The molecule has 3 rings (SSSR count). The van der Waals surface area contributed by atoms with E-state index in [1.807, 2.05) is 42.5 Å². The number of aromatic hydroxyl groups is 1. The number of hydrogen-bond acceptors (Lipinski definition) is 3. The van der Waals surface area contributed by atoms with Crippen LogP contribution in [0.2, 0.25) is 0 Å². The molecule has 0 saturated carbocycles. The molecule has 114 valence electrons. The fraction of sp³-hybridized carbons (Fsp3) is 0.278. The van der Waals surface area contributed by atoms with Crippen LogP contribution in [0.3, 0.4) is 0 Å². The number of carbonyl (C=O) groups is 1. The Morgan fingerprint density at radius 1 is 1.18 bits per heavy atom. The van der Waals surface area contributed by atoms with Crippen LogP contribution in [0.15, 0.2) is 48.5 Å². The van der Waals surface area contributed by atoms with Gasteiger partial charge in [-0.3, -0.25) is 0 Å². The van der Waals surface area contributed by atoms with Gasteiger partial charge in [-0.05, 0) is 42.0 Å². The van der Waals surface area contributed by atoms with Crippen molar-refractivity contribution in [2.75, 3.05) is 0 Å². The van der Waals surface area contributed by atoms with Crippen LogP contribution in [0.1, 0.15) is 23.1 Å². The van der Waals surface area contributed by atoms with Gasteiger partial charge in [-0.2, -0.15) is 0 Å². The molecule has 1 amide bonds. The van der Waals surface area contributed by atoms with Crippen LogP contribution < -0.4 is 5.32 Å². The van der Waals surface area contributed by atoms with Crippen LogP contribution in [0.25, 0.3) is 0 Å². The summed E-state index contributed by atoms with van der Waals surface area (Å²) in [6.07, 6.45) is 1.92. The number of hydrogen-bond donors (Lipinski definition) is 2. The summed E-state index contributed by atoms with van der Waals surface area (Å²) in [5.74, 6) is 0.350. The number of phenolic OH excluding ortho intramolecular Hbond substituents is 1. The molecule has 4 heteroatoms. The van der Waals surface area contributed by atoms with E-state index in [4.69, 9.17) is 4.74 Å². The predicted octanol–water partition coefficient (Wildman–Crippen LogP) is 3.18. The maximum atomic E-state index is 11.9. The molecular formula is C18H19NO3. The Balaban J connectivity index is 1.53. The molecule has 4 nitrogen and oxygen atoms in total. The number of phenols is 1. The Hall–Kier alpha value is -2.49. The van der Waals surface area contributed by atoms with Crippen molar-refractivity contribution in [1.29, 1.82) is 0 Å². The number of benzene rings is 2. The number of rotatable bonds is 3. The number of amides is 1. The van der Waals surface area contributed by atoms with E-state index < -0.39 is 6.09 Å². The van der Waals surface area contributed by atoms with Crippen molar-refractivity contribution in [2.45, 2.75) is 31.9 Å². The highest BCUT2D eigenvalue weighted by atomic mass is 16.5. The number of ether oxygens (including phenoxy) is 1. The standard InChI is InChI=1S/C18H19NO3/c20-17-8-4-7-14-11-15(9-10-16(14)17)19-18(21)22-12-13-5-2-1-3-6-13/h1-8,15,20H,9-12H2,(H,19,21)/t15-/m0/s1. The zero-order valence-electron chi connectivity index (χ0n) is 12.3. The van der Waals surface area contributed by atoms with E-state index in [0.29, 0.717) is 5.75 Å². The lowest BCUT2D eigenvalue weighted by molar-refractivity contribution is 0.134. The summed E-state index contributed by atoms with van der Waals surface area (Å²) in [6.45, 7) is 0.275. The molecule has 2 aromatic carbocycles. The fourth-order valence-corrected chi connectivity index (χ4v) is 2.84. The first-order valence-electron chi connectivity index (χ1n) is 7.49. The molecule has 0 saturated heterocycles. The lowest BCUT2D eigenvalue weighted by Crippen LogP contribution is -2.39. The van der Waals surface area contributed by atoms with Crippen LogP contribution in [0.4, 0.5) is 4.79 Å². The summed E-state index contributed by atoms with van der Waals surface area (Å²) in [4.78, 5) is 11.9. The Bertz CT molecular complexity index is 655. The summed E-state index contributed by atoms with van der Waals surface area (Å²) < 4.78 is 5.24. The van der Waals surface area contributed by atoms with Gasteiger partial charge in [0.1, 0.15) is 12.4 Å². The predicted molar refractivity (Wildman–Crippen MR) is 83.7 cm³/mol. The molecule has 0 aromatic heterocycles. The van der Waals surface area contributed by atoms with Gasteiger partial charge in [-0.25, -0.2) is 4.79 Å². The van der Waals surface area contributed by atoms with Crippen LogP contribution >= 0.6 is 0 Å². The maximum Gasteiger partial charge on any atom is 0.407 e. The van der Waals surface area contributed by atoms with E-state index in [9.17, 15) is 9.90 Å². The molecule has 0 heterocycles. The van der Waals surface area contributed by atoms with Crippen molar-refractivity contribution in [3.8, 4) is 5.75 Å². The molecular weight excluding hydrogens is 278 g/mol. The second-order valence-electron chi connectivity index (χ2n) is 5.56. The molecule has 22 heavy (non-hydrogen) atoms. The quantitative estimate of drug-likeness (QED) is 0.915. The maximum absolute atomic E-state index is 11.9. The Morgan fingerprint density at radius 3 is 2.82 bits per heavy atom. The highest BCUT2D eigenvalue weighted by molar-refractivity contribution is 5.67. The molecule has 1 aliphatic carbocycles. The molecule has 0 radical (unpaired) electrons. The molecule has 0 bridgehead atoms. The zero-order chi connectivity index (χ0) is 15.4. The number of nitrogens with one attached hydrogen (secondary N) is 1. The first kappa shape index (κ1) is 14.4. The van der Waals surface area contributed by atoms with E-state index in [1.165, 1.54) is 0 Å². The Labute approximate surface area is 129 Å².